The average molecular weight is 472 g/mol. The van der Waals surface area contributed by atoms with Crippen LogP contribution in [0.3, 0.4) is 0 Å². The van der Waals surface area contributed by atoms with Gasteiger partial charge in [-0.15, -0.1) is 13.2 Å². The third kappa shape index (κ3) is 10.4. The van der Waals surface area contributed by atoms with E-state index < -0.39 is 0 Å². The molecule has 2 aromatic rings. The predicted octanol–water partition coefficient (Wildman–Crippen LogP) is 2.83. The van der Waals surface area contributed by atoms with E-state index in [0.29, 0.717) is 0 Å². The summed E-state index contributed by atoms with van der Waals surface area (Å²) < 4.78 is 3.87. The topological polar surface area (TPSA) is 35.6 Å². The minimum atomic E-state index is 0. The fraction of sp³-hybridized carbons (Fsp3) is 0.375. The normalized spacial score (nSPS) is 9.08. The van der Waals surface area contributed by atoms with E-state index in [9.17, 15) is 0 Å². The maximum Gasteiger partial charge on any atom is 0 e. The number of hydrogen-bond donors (Lipinski definition) is 0. The van der Waals surface area contributed by atoms with Gasteiger partial charge in [-0.3, -0.25) is 9.36 Å². The number of nitrogens with zero attached hydrogens (tertiary/aromatic N) is 4. The van der Waals surface area contributed by atoms with Gasteiger partial charge >= 0.3 is 33.3 Å². The number of aromatic nitrogens is 4. The smallest absolute Gasteiger partial charge is 0 e. The SMILES string of the molecule is C=CCn1nc(C)cc1C.C=CCn1nc(C)cc1C.[ClH+][Cu][ClH+].[Cu]. The molecule has 0 amide bonds. The molecule has 0 saturated heterocycles. The third-order valence-electron chi connectivity index (χ3n) is 2.81. The van der Waals surface area contributed by atoms with E-state index in [1.807, 2.05) is 49.2 Å². The van der Waals surface area contributed by atoms with Crippen molar-refractivity contribution in [1.82, 2.24) is 19.6 Å². The van der Waals surface area contributed by atoms with E-state index in [-0.39, 0.29) is 17.1 Å². The number of rotatable bonds is 4. The Morgan fingerprint density at radius 2 is 1.21 bits per heavy atom. The Balaban J connectivity index is 0. The second kappa shape index (κ2) is 14.8. The third-order valence-corrected chi connectivity index (χ3v) is 2.81. The van der Waals surface area contributed by atoms with Gasteiger partial charge in [0.05, 0.1) is 24.5 Å². The van der Waals surface area contributed by atoms with Crippen LogP contribution in [0.1, 0.15) is 22.8 Å². The van der Waals surface area contributed by atoms with Gasteiger partial charge in [0, 0.05) is 28.5 Å². The molecule has 0 aliphatic carbocycles. The summed E-state index contributed by atoms with van der Waals surface area (Å²) >= 11 is 0.979. The molecule has 0 fully saturated rings. The molecule has 1 radical (unpaired) electrons. The zero-order chi connectivity index (χ0) is 17.8. The molecule has 0 bridgehead atoms. The van der Waals surface area contributed by atoms with Crippen LogP contribution >= 0.6 is 0 Å². The van der Waals surface area contributed by atoms with Crippen LogP contribution in [0.25, 0.3) is 0 Å². The molecular formula is C16H26Cl2Cu2N4+2. The van der Waals surface area contributed by atoms with Crippen LogP contribution in [0.15, 0.2) is 37.4 Å². The summed E-state index contributed by atoms with van der Waals surface area (Å²) in [5.74, 6) is 0. The van der Waals surface area contributed by atoms with E-state index in [1.165, 1.54) is 11.4 Å². The first kappa shape index (κ1) is 25.8. The Morgan fingerprint density at radius 3 is 1.38 bits per heavy atom. The zero-order valence-electron chi connectivity index (χ0n) is 14.3. The Labute approximate surface area is 170 Å². The second-order valence-electron chi connectivity index (χ2n) is 4.85. The van der Waals surface area contributed by atoms with Gasteiger partial charge in [-0.25, -0.2) is 0 Å². The van der Waals surface area contributed by atoms with Crippen LogP contribution in [-0.4, -0.2) is 19.6 Å². The van der Waals surface area contributed by atoms with Crippen LogP contribution in [0.5, 0.6) is 0 Å². The first-order chi connectivity index (χ1) is 10.9. The maximum atomic E-state index is 4.25. The summed E-state index contributed by atoms with van der Waals surface area (Å²) in [7, 11) is 8.23. The zero-order valence-corrected chi connectivity index (χ0v) is 17.9. The number of aryl methyl sites for hydroxylation is 4. The summed E-state index contributed by atoms with van der Waals surface area (Å²) in [6, 6.07) is 4.12. The largest absolute Gasteiger partial charge is 0 e. The first-order valence-electron chi connectivity index (χ1n) is 6.96. The monoisotopic (exact) mass is 470 g/mol. The van der Waals surface area contributed by atoms with Crippen LogP contribution in [0.2, 0.25) is 0 Å². The van der Waals surface area contributed by atoms with Crippen molar-refractivity contribution < 1.29 is 50.4 Å². The molecule has 0 saturated carbocycles. The molecule has 0 atom stereocenters. The Hall–Kier alpha value is -0.481. The summed E-state index contributed by atoms with van der Waals surface area (Å²) in [6.07, 6.45) is 3.69. The van der Waals surface area contributed by atoms with Gasteiger partial charge in [0.25, 0.3) is 0 Å². The van der Waals surface area contributed by atoms with E-state index >= 15 is 0 Å². The Bertz CT molecular complexity index is 557. The molecule has 0 unspecified atom stereocenters. The molecule has 0 aliphatic rings. The van der Waals surface area contributed by atoms with Crippen molar-refractivity contribution in [3.8, 4) is 0 Å². The molecule has 24 heavy (non-hydrogen) atoms. The van der Waals surface area contributed by atoms with Crippen molar-refractivity contribution in [1.29, 1.82) is 0 Å². The summed E-state index contributed by atoms with van der Waals surface area (Å²) in [6.45, 7) is 17.0. The molecule has 2 aromatic heterocycles. The summed E-state index contributed by atoms with van der Waals surface area (Å²) in [4.78, 5) is 0. The van der Waals surface area contributed by atoms with Gasteiger partial charge in [0.15, 0.2) is 0 Å². The molecule has 4 nitrogen and oxygen atoms in total. The van der Waals surface area contributed by atoms with E-state index in [2.05, 4.69) is 55.7 Å². The molecule has 0 N–H and O–H groups in total. The molecular weight excluding hydrogens is 446 g/mol. The van der Waals surface area contributed by atoms with Gasteiger partial charge in [-0.2, -0.15) is 10.2 Å². The van der Waals surface area contributed by atoms with Crippen LogP contribution in [-0.2, 0) is 43.3 Å². The number of halogens is 2. The fourth-order valence-electron chi connectivity index (χ4n) is 1.96. The predicted molar refractivity (Wildman–Crippen MR) is 86.6 cm³/mol. The van der Waals surface area contributed by atoms with Crippen LogP contribution in [0.4, 0.5) is 0 Å². The molecule has 144 valence electrons. The van der Waals surface area contributed by atoms with Crippen molar-refractivity contribution in [2.75, 3.05) is 0 Å². The van der Waals surface area contributed by atoms with Crippen molar-refractivity contribution >= 4 is 0 Å². The fourth-order valence-corrected chi connectivity index (χ4v) is 1.96. The van der Waals surface area contributed by atoms with E-state index in [1.54, 1.807) is 0 Å². The second-order valence-corrected chi connectivity index (χ2v) is 6.66. The molecule has 0 aromatic carbocycles. The van der Waals surface area contributed by atoms with Gasteiger partial charge < -0.3 is 0 Å². The maximum absolute atomic E-state index is 4.25. The van der Waals surface area contributed by atoms with Gasteiger partial charge in [0.2, 0.25) is 0 Å². The standard InChI is InChI=1S/2C8H12N2.2ClH.2Cu/c2*1-4-5-10-8(3)6-7(2)9-10;;;;/h2*4,6H,1,5H2,2-3H3;2*1H;;/q;;;;;+2. The minimum absolute atomic E-state index is 0. The van der Waals surface area contributed by atoms with Gasteiger partial charge in [0.1, 0.15) is 0 Å². The molecule has 8 heteroatoms. The quantitative estimate of drug-likeness (QED) is 0.507. The van der Waals surface area contributed by atoms with Gasteiger partial charge in [-0.05, 0) is 39.8 Å². The van der Waals surface area contributed by atoms with Crippen LogP contribution in [0, 0.1) is 47.9 Å². The summed E-state index contributed by atoms with van der Waals surface area (Å²) in [5.41, 5.74) is 4.52. The number of hydrogen-bond acceptors (Lipinski definition) is 2. The van der Waals surface area contributed by atoms with Crippen LogP contribution < -0.4 is 0 Å². The molecule has 2 rings (SSSR count). The van der Waals surface area contributed by atoms with Crippen molar-refractivity contribution in [2.24, 2.45) is 0 Å². The summed E-state index contributed by atoms with van der Waals surface area (Å²) in [5, 5.41) is 8.49. The van der Waals surface area contributed by atoms with E-state index in [0.717, 1.165) is 37.6 Å². The first-order valence-corrected chi connectivity index (χ1v) is 9.76. The number of allylic oxidation sites excluding steroid dienone is 2. The Kier molecular flexibility index (Phi) is 15.9. The minimum Gasteiger partial charge on any atom is 0 e. The molecule has 0 aliphatic heterocycles. The molecule has 0 spiro atoms. The molecule has 2 heterocycles. The van der Waals surface area contributed by atoms with Crippen molar-refractivity contribution in [2.45, 2.75) is 40.8 Å². The Morgan fingerprint density at radius 1 is 0.917 bits per heavy atom. The van der Waals surface area contributed by atoms with E-state index in [4.69, 9.17) is 0 Å². The average Bonchev–Trinajstić information content (AvgIpc) is 2.94. The van der Waals surface area contributed by atoms with Crippen molar-refractivity contribution in [3.05, 3.63) is 60.2 Å². The van der Waals surface area contributed by atoms with Gasteiger partial charge in [-0.1, -0.05) is 12.2 Å². The van der Waals surface area contributed by atoms with Crippen molar-refractivity contribution in [3.63, 3.8) is 0 Å².